The third-order valence-electron chi connectivity index (χ3n) is 5.99. The number of hydrogen-bond acceptors (Lipinski definition) is 3. The van der Waals surface area contributed by atoms with Gasteiger partial charge in [-0.1, -0.05) is 43.5 Å². The molecule has 3 aliphatic rings. The SMILES string of the molecule is Cc1c(NC(=O)CN2C(=O)[C@H]3[C@@H]4C[C@H]([C@@H](Br)[C@H]4Br)[C@@H]3C2=O)ccc(Br)c1Cl. The van der Waals surface area contributed by atoms with Crippen molar-refractivity contribution in [1.29, 1.82) is 0 Å². The molecule has 0 aromatic heterocycles. The van der Waals surface area contributed by atoms with Crippen LogP contribution < -0.4 is 5.32 Å². The van der Waals surface area contributed by atoms with Crippen molar-refractivity contribution in [1.82, 2.24) is 4.90 Å². The first-order chi connectivity index (χ1) is 12.7. The first-order valence-corrected chi connectivity index (χ1v) is 11.6. The molecule has 0 unspecified atom stereocenters. The number of alkyl halides is 2. The molecule has 3 fully saturated rings. The molecule has 2 bridgehead atoms. The van der Waals surface area contributed by atoms with Crippen LogP contribution in [0.25, 0.3) is 0 Å². The maximum absolute atomic E-state index is 12.9. The van der Waals surface area contributed by atoms with Gasteiger partial charge in [0.05, 0.1) is 16.9 Å². The van der Waals surface area contributed by atoms with Gasteiger partial charge in [0.1, 0.15) is 6.54 Å². The Morgan fingerprint density at radius 1 is 1.19 bits per heavy atom. The van der Waals surface area contributed by atoms with Crippen molar-refractivity contribution < 1.29 is 14.4 Å². The van der Waals surface area contributed by atoms with E-state index in [-0.39, 0.29) is 51.7 Å². The molecule has 1 aromatic carbocycles. The van der Waals surface area contributed by atoms with E-state index < -0.39 is 5.91 Å². The van der Waals surface area contributed by atoms with Crippen LogP contribution in [0, 0.1) is 30.6 Å². The van der Waals surface area contributed by atoms with Gasteiger partial charge in [-0.15, -0.1) is 0 Å². The molecular formula is C18H16Br3ClN2O3. The summed E-state index contributed by atoms with van der Waals surface area (Å²) in [7, 11) is 0. The van der Waals surface area contributed by atoms with Gasteiger partial charge in [-0.25, -0.2) is 0 Å². The molecular weight excluding hydrogens is 567 g/mol. The first-order valence-electron chi connectivity index (χ1n) is 8.60. The summed E-state index contributed by atoms with van der Waals surface area (Å²) >= 11 is 16.8. The second-order valence-corrected chi connectivity index (χ2v) is 10.7. The third-order valence-corrected chi connectivity index (χ3v) is 10.6. The van der Waals surface area contributed by atoms with Crippen LogP contribution in [0.4, 0.5) is 5.69 Å². The van der Waals surface area contributed by atoms with Gasteiger partial charge >= 0.3 is 0 Å². The highest BCUT2D eigenvalue weighted by Crippen LogP contribution is 2.60. The Hall–Kier alpha value is -0.440. The zero-order chi connectivity index (χ0) is 19.6. The number of rotatable bonds is 3. The van der Waals surface area contributed by atoms with Gasteiger partial charge < -0.3 is 5.32 Å². The van der Waals surface area contributed by atoms with Crippen molar-refractivity contribution in [2.45, 2.75) is 23.0 Å². The van der Waals surface area contributed by atoms with E-state index in [4.69, 9.17) is 11.6 Å². The minimum absolute atomic E-state index is 0.140. The van der Waals surface area contributed by atoms with E-state index in [1.807, 2.05) is 0 Å². The molecule has 144 valence electrons. The van der Waals surface area contributed by atoms with Crippen LogP contribution in [-0.4, -0.2) is 38.8 Å². The fourth-order valence-corrected chi connectivity index (χ4v) is 7.15. The zero-order valence-corrected chi connectivity index (χ0v) is 19.7. The maximum Gasteiger partial charge on any atom is 0.244 e. The Labute approximate surface area is 186 Å². The highest BCUT2D eigenvalue weighted by atomic mass is 79.9. The Bertz CT molecular complexity index is 832. The number of nitrogens with zero attached hydrogens (tertiary/aromatic N) is 1. The second-order valence-electron chi connectivity index (χ2n) is 7.35. The number of nitrogens with one attached hydrogen (secondary N) is 1. The Morgan fingerprint density at radius 3 is 2.30 bits per heavy atom. The summed E-state index contributed by atoms with van der Waals surface area (Å²) in [6.07, 6.45) is 0.870. The van der Waals surface area contributed by atoms with E-state index in [1.165, 1.54) is 0 Å². The molecule has 1 N–H and O–H groups in total. The number of fused-ring (bicyclic) bond motifs is 5. The number of anilines is 1. The topological polar surface area (TPSA) is 66.5 Å². The first kappa shape index (κ1) is 19.9. The lowest BCUT2D eigenvalue weighted by atomic mass is 9.81. The summed E-state index contributed by atoms with van der Waals surface area (Å²) in [5.41, 5.74) is 1.28. The van der Waals surface area contributed by atoms with Crippen LogP contribution in [0.1, 0.15) is 12.0 Å². The molecule has 2 saturated carbocycles. The van der Waals surface area contributed by atoms with Gasteiger partial charge in [-0.3, -0.25) is 19.3 Å². The largest absolute Gasteiger partial charge is 0.324 e. The summed E-state index contributed by atoms with van der Waals surface area (Å²) in [5.74, 6) is -1.18. The summed E-state index contributed by atoms with van der Waals surface area (Å²) in [6.45, 7) is 1.53. The molecule has 9 heteroatoms. The molecule has 1 saturated heterocycles. The quantitative estimate of drug-likeness (QED) is 0.430. The summed E-state index contributed by atoms with van der Waals surface area (Å²) in [4.78, 5) is 39.7. The lowest BCUT2D eigenvalue weighted by Gasteiger charge is -2.28. The van der Waals surface area contributed by atoms with Crippen molar-refractivity contribution in [2.24, 2.45) is 23.7 Å². The van der Waals surface area contributed by atoms with Gasteiger partial charge in [0, 0.05) is 19.8 Å². The number of benzene rings is 1. The average Bonchev–Trinajstić information content (AvgIpc) is 3.23. The highest BCUT2D eigenvalue weighted by Gasteiger charge is 2.66. The lowest BCUT2D eigenvalue weighted by Crippen LogP contribution is -2.39. The van der Waals surface area contributed by atoms with Crippen LogP contribution in [0.2, 0.25) is 5.02 Å². The molecule has 1 aromatic rings. The van der Waals surface area contributed by atoms with E-state index in [0.717, 1.165) is 21.4 Å². The van der Waals surface area contributed by atoms with Crippen molar-refractivity contribution in [2.75, 3.05) is 11.9 Å². The zero-order valence-electron chi connectivity index (χ0n) is 14.2. The van der Waals surface area contributed by atoms with Gasteiger partial charge in [0.15, 0.2) is 0 Å². The Balaban J connectivity index is 1.49. The van der Waals surface area contributed by atoms with Gasteiger partial charge in [-0.05, 0) is 58.8 Å². The molecule has 3 amide bonds. The predicted molar refractivity (Wildman–Crippen MR) is 113 cm³/mol. The summed E-state index contributed by atoms with van der Waals surface area (Å²) in [6, 6.07) is 3.47. The van der Waals surface area contributed by atoms with Crippen LogP contribution >= 0.6 is 59.4 Å². The van der Waals surface area contributed by atoms with Crippen LogP contribution in [0.5, 0.6) is 0 Å². The molecule has 6 atom stereocenters. The van der Waals surface area contributed by atoms with Crippen LogP contribution in [0.3, 0.4) is 0 Å². The Morgan fingerprint density at radius 2 is 1.74 bits per heavy atom. The fraction of sp³-hybridized carbons (Fsp3) is 0.500. The minimum atomic E-state index is -0.406. The van der Waals surface area contributed by atoms with E-state index in [2.05, 4.69) is 53.1 Å². The third kappa shape index (κ3) is 3.02. The smallest absolute Gasteiger partial charge is 0.244 e. The monoisotopic (exact) mass is 580 g/mol. The Kier molecular flexibility index (Phi) is 5.23. The van der Waals surface area contributed by atoms with Crippen molar-refractivity contribution >= 4 is 82.8 Å². The molecule has 0 spiro atoms. The molecule has 1 aliphatic heterocycles. The van der Waals surface area contributed by atoms with Crippen LogP contribution in [-0.2, 0) is 14.4 Å². The van der Waals surface area contributed by atoms with Crippen molar-refractivity contribution in [3.05, 3.63) is 27.2 Å². The highest BCUT2D eigenvalue weighted by molar-refractivity contribution is 9.12. The molecule has 5 nitrogen and oxygen atoms in total. The number of likely N-dealkylation sites (tertiary alicyclic amines) is 1. The molecule has 4 rings (SSSR count). The number of carbonyl (C=O) groups excluding carboxylic acids is 3. The van der Waals surface area contributed by atoms with Gasteiger partial charge in [0.2, 0.25) is 17.7 Å². The van der Waals surface area contributed by atoms with Gasteiger partial charge in [0.25, 0.3) is 0 Å². The number of carbonyl (C=O) groups is 3. The van der Waals surface area contributed by atoms with E-state index in [9.17, 15) is 14.4 Å². The lowest BCUT2D eigenvalue weighted by molar-refractivity contribution is -0.143. The van der Waals surface area contributed by atoms with Crippen molar-refractivity contribution in [3.63, 3.8) is 0 Å². The van der Waals surface area contributed by atoms with Gasteiger partial charge in [-0.2, -0.15) is 0 Å². The average molecular weight is 584 g/mol. The normalized spacial score (nSPS) is 34.3. The summed E-state index contributed by atoms with van der Waals surface area (Å²) < 4.78 is 0.738. The number of hydrogen-bond donors (Lipinski definition) is 1. The molecule has 0 radical (unpaired) electrons. The molecule has 1 heterocycles. The number of amides is 3. The van der Waals surface area contributed by atoms with E-state index in [0.29, 0.717) is 10.7 Å². The number of imide groups is 1. The predicted octanol–water partition coefficient (Wildman–Crippen LogP) is 4.13. The van der Waals surface area contributed by atoms with E-state index >= 15 is 0 Å². The summed E-state index contributed by atoms with van der Waals surface area (Å²) in [5, 5.41) is 3.27. The standard InChI is InChI=1S/C18H16Br3ClN2O3/c1-6-10(3-2-9(19)16(6)22)23-11(25)5-24-17(26)12-7-4-8(13(12)18(24)27)15(21)14(7)20/h2-3,7-8,12-15H,4-5H2,1H3,(H,23,25)/t7-,8-,12-,13-,14-,15+/m0/s1. The number of halogens is 4. The molecule has 27 heavy (non-hydrogen) atoms. The van der Waals surface area contributed by atoms with Crippen molar-refractivity contribution in [3.8, 4) is 0 Å². The van der Waals surface area contributed by atoms with Crippen LogP contribution in [0.15, 0.2) is 16.6 Å². The fourth-order valence-electron chi connectivity index (χ4n) is 4.69. The minimum Gasteiger partial charge on any atom is -0.324 e. The second kappa shape index (κ2) is 7.11. The molecule has 2 aliphatic carbocycles. The maximum atomic E-state index is 12.9. The van der Waals surface area contributed by atoms with E-state index in [1.54, 1.807) is 19.1 Å².